The molecule has 176 valence electrons. The van der Waals surface area contributed by atoms with E-state index < -0.39 is 36.0 Å². The second-order valence-electron chi connectivity index (χ2n) is 8.76. The van der Waals surface area contributed by atoms with Crippen LogP contribution in [-0.4, -0.2) is 40.2 Å². The van der Waals surface area contributed by atoms with Crippen LogP contribution in [0.1, 0.15) is 31.7 Å². The molecule has 3 aromatic rings. The Morgan fingerprint density at radius 3 is 2.61 bits per heavy atom. The maximum absolute atomic E-state index is 14.2. The van der Waals surface area contributed by atoms with Crippen molar-refractivity contribution < 1.29 is 32.1 Å². The van der Waals surface area contributed by atoms with Crippen LogP contribution < -0.4 is 14.8 Å². The van der Waals surface area contributed by atoms with Crippen molar-refractivity contribution >= 4 is 16.6 Å². The maximum atomic E-state index is 14.2. The molecular formula is C23H23F4N3O3. The molecule has 1 atom stereocenters. The normalized spacial score (nSPS) is 15.5. The molecular weight excluding hydrogens is 442 g/mol. The zero-order chi connectivity index (χ0) is 24.0. The van der Waals surface area contributed by atoms with Gasteiger partial charge in [-0.05, 0) is 37.0 Å². The predicted octanol–water partition coefficient (Wildman–Crippen LogP) is 4.88. The second-order valence-corrected chi connectivity index (χ2v) is 8.76. The molecule has 6 nitrogen and oxygen atoms in total. The van der Waals surface area contributed by atoms with Gasteiger partial charge in [-0.3, -0.25) is 0 Å². The van der Waals surface area contributed by atoms with Gasteiger partial charge in [-0.1, -0.05) is 26.0 Å². The van der Waals surface area contributed by atoms with E-state index in [0.717, 1.165) is 6.07 Å². The van der Waals surface area contributed by atoms with Gasteiger partial charge in [0.2, 0.25) is 6.79 Å². The first-order chi connectivity index (χ1) is 15.4. The molecule has 0 bridgehead atoms. The van der Waals surface area contributed by atoms with Crippen molar-refractivity contribution in [2.45, 2.75) is 44.4 Å². The summed E-state index contributed by atoms with van der Waals surface area (Å²) in [7, 11) is 0. The molecule has 0 aliphatic carbocycles. The predicted molar refractivity (Wildman–Crippen MR) is 114 cm³/mol. The van der Waals surface area contributed by atoms with Gasteiger partial charge in [0.25, 0.3) is 0 Å². The van der Waals surface area contributed by atoms with Crippen LogP contribution in [0.3, 0.4) is 0 Å². The molecule has 4 rings (SSSR count). The fourth-order valence-electron chi connectivity index (χ4n) is 4.12. The van der Waals surface area contributed by atoms with Gasteiger partial charge < -0.3 is 19.9 Å². The fraction of sp³-hybridized carbons (Fsp3) is 0.391. The summed E-state index contributed by atoms with van der Waals surface area (Å²) in [5.74, 6) is 0.529. The highest BCUT2D eigenvalue weighted by Crippen LogP contribution is 2.47. The Labute approximate surface area is 187 Å². The quantitative estimate of drug-likeness (QED) is 0.506. The molecule has 1 aromatic heterocycles. The van der Waals surface area contributed by atoms with Crippen LogP contribution in [0.5, 0.6) is 11.5 Å². The number of rotatable bonds is 6. The second kappa shape index (κ2) is 8.02. The first-order valence-electron chi connectivity index (χ1n) is 10.3. The molecule has 33 heavy (non-hydrogen) atoms. The topological polar surface area (TPSA) is 76.5 Å². The SMILES string of the molecule is Cc1ncc2c(NCC(O)(CC(C)(C)c3cccc4c3OCO4)C(F)(F)F)ccc(F)c2n1. The number of anilines is 1. The molecule has 0 saturated heterocycles. The van der Waals surface area contributed by atoms with Gasteiger partial charge in [-0.15, -0.1) is 0 Å². The van der Waals surface area contributed by atoms with E-state index in [1.54, 1.807) is 39.0 Å². The number of halogens is 4. The summed E-state index contributed by atoms with van der Waals surface area (Å²) in [6, 6.07) is 7.40. The van der Waals surface area contributed by atoms with Gasteiger partial charge in [0.15, 0.2) is 17.1 Å². The Morgan fingerprint density at radius 2 is 1.88 bits per heavy atom. The number of aromatic nitrogens is 2. The lowest BCUT2D eigenvalue weighted by Crippen LogP contribution is -2.53. The molecule has 10 heteroatoms. The number of alkyl halides is 3. The van der Waals surface area contributed by atoms with Gasteiger partial charge >= 0.3 is 6.18 Å². The van der Waals surface area contributed by atoms with E-state index in [0.29, 0.717) is 22.9 Å². The van der Waals surface area contributed by atoms with Crippen LogP contribution in [0.2, 0.25) is 0 Å². The van der Waals surface area contributed by atoms with E-state index in [-0.39, 0.29) is 23.4 Å². The lowest BCUT2D eigenvalue weighted by Gasteiger charge is -2.38. The lowest BCUT2D eigenvalue weighted by molar-refractivity contribution is -0.260. The van der Waals surface area contributed by atoms with Crippen molar-refractivity contribution in [1.29, 1.82) is 0 Å². The molecule has 0 fully saturated rings. The number of nitrogens with one attached hydrogen (secondary N) is 1. The zero-order valence-electron chi connectivity index (χ0n) is 18.3. The number of nitrogens with zero attached hydrogens (tertiary/aromatic N) is 2. The van der Waals surface area contributed by atoms with Crippen molar-refractivity contribution in [2.24, 2.45) is 0 Å². The summed E-state index contributed by atoms with van der Waals surface area (Å²) in [6.45, 7) is 3.90. The smallest absolute Gasteiger partial charge is 0.418 e. The number of fused-ring (bicyclic) bond motifs is 2. The summed E-state index contributed by atoms with van der Waals surface area (Å²) in [5, 5.41) is 13.7. The highest BCUT2D eigenvalue weighted by molar-refractivity contribution is 5.91. The molecule has 2 aromatic carbocycles. The van der Waals surface area contributed by atoms with Crippen LogP contribution in [0.25, 0.3) is 10.9 Å². The van der Waals surface area contributed by atoms with E-state index in [4.69, 9.17) is 9.47 Å². The first kappa shape index (κ1) is 23.0. The first-order valence-corrected chi connectivity index (χ1v) is 10.3. The Hall–Kier alpha value is -3.14. The van der Waals surface area contributed by atoms with Crippen molar-refractivity contribution in [3.8, 4) is 11.5 Å². The van der Waals surface area contributed by atoms with E-state index in [9.17, 15) is 22.7 Å². The van der Waals surface area contributed by atoms with Crippen LogP contribution in [-0.2, 0) is 5.41 Å². The van der Waals surface area contributed by atoms with Crippen LogP contribution in [0, 0.1) is 12.7 Å². The molecule has 0 amide bonds. The van der Waals surface area contributed by atoms with Crippen LogP contribution in [0.4, 0.5) is 23.2 Å². The van der Waals surface area contributed by atoms with Gasteiger partial charge in [0, 0.05) is 22.8 Å². The van der Waals surface area contributed by atoms with E-state index in [1.165, 1.54) is 12.3 Å². The average molecular weight is 465 g/mol. The minimum atomic E-state index is -4.95. The van der Waals surface area contributed by atoms with Gasteiger partial charge in [-0.2, -0.15) is 13.2 Å². The maximum Gasteiger partial charge on any atom is 0.418 e. The number of aryl methyl sites for hydroxylation is 1. The molecule has 2 N–H and O–H groups in total. The average Bonchev–Trinajstić information content (AvgIpc) is 3.21. The van der Waals surface area contributed by atoms with Crippen LogP contribution in [0.15, 0.2) is 36.5 Å². The molecule has 1 unspecified atom stereocenters. The number of aliphatic hydroxyl groups is 1. The van der Waals surface area contributed by atoms with Crippen molar-refractivity contribution in [3.05, 3.63) is 53.7 Å². The molecule has 0 radical (unpaired) electrons. The Balaban J connectivity index is 1.65. The number of para-hydroxylation sites is 1. The van der Waals surface area contributed by atoms with E-state index >= 15 is 0 Å². The summed E-state index contributed by atoms with van der Waals surface area (Å²) in [6.07, 6.45) is -4.27. The third-order valence-corrected chi connectivity index (χ3v) is 5.78. The third-order valence-electron chi connectivity index (χ3n) is 5.78. The molecule has 0 saturated carbocycles. The Kier molecular flexibility index (Phi) is 5.60. The largest absolute Gasteiger partial charge is 0.454 e. The monoisotopic (exact) mass is 465 g/mol. The van der Waals surface area contributed by atoms with Gasteiger partial charge in [0.1, 0.15) is 17.2 Å². The number of hydrogen-bond donors (Lipinski definition) is 2. The molecule has 0 spiro atoms. The highest BCUT2D eigenvalue weighted by atomic mass is 19.4. The summed E-state index contributed by atoms with van der Waals surface area (Å²) >= 11 is 0. The molecule has 1 aliphatic heterocycles. The van der Waals surface area contributed by atoms with Gasteiger partial charge in [0.05, 0.1) is 6.54 Å². The Bertz CT molecular complexity index is 1200. The standard InChI is InChI=1S/C23H23F4N3O3/c1-13-28-9-14-17(8-7-16(24)19(14)30-13)29-11-22(31,23(25,26)27)10-21(2,3)15-5-4-6-18-20(15)33-12-32-18/h4-9,29,31H,10-12H2,1-3H3. The van der Waals surface area contributed by atoms with Crippen LogP contribution >= 0.6 is 0 Å². The van der Waals surface area contributed by atoms with Gasteiger partial charge in [-0.25, -0.2) is 14.4 Å². The number of ether oxygens (including phenoxy) is 2. The summed E-state index contributed by atoms with van der Waals surface area (Å²) in [4.78, 5) is 8.03. The molecule has 1 aliphatic rings. The zero-order valence-corrected chi connectivity index (χ0v) is 18.3. The third kappa shape index (κ3) is 4.27. The van der Waals surface area contributed by atoms with Crippen molar-refractivity contribution in [3.63, 3.8) is 0 Å². The molecule has 2 heterocycles. The minimum Gasteiger partial charge on any atom is -0.454 e. The van der Waals surface area contributed by atoms with E-state index in [2.05, 4.69) is 15.3 Å². The van der Waals surface area contributed by atoms with Crippen molar-refractivity contribution in [1.82, 2.24) is 9.97 Å². The van der Waals surface area contributed by atoms with E-state index in [1.807, 2.05) is 0 Å². The number of hydrogen-bond acceptors (Lipinski definition) is 6. The highest BCUT2D eigenvalue weighted by Gasteiger charge is 2.56. The fourth-order valence-corrected chi connectivity index (χ4v) is 4.12. The minimum absolute atomic E-state index is 0.0135. The number of benzene rings is 2. The summed E-state index contributed by atoms with van der Waals surface area (Å²) < 4.78 is 67.3. The summed E-state index contributed by atoms with van der Waals surface area (Å²) in [5.41, 5.74) is -3.57. The Morgan fingerprint density at radius 1 is 1.12 bits per heavy atom. The lowest BCUT2D eigenvalue weighted by atomic mass is 9.74. The van der Waals surface area contributed by atoms with Crippen molar-refractivity contribution in [2.75, 3.05) is 18.7 Å².